The highest BCUT2D eigenvalue weighted by molar-refractivity contribution is 5.94. The molecular formula is C16H19NO4. The molecule has 0 bridgehead atoms. The number of aliphatic hydroxyl groups is 2. The number of carbonyl (C=O) groups is 1. The molecule has 1 atom stereocenters. The quantitative estimate of drug-likeness (QED) is 0.783. The summed E-state index contributed by atoms with van der Waals surface area (Å²) in [7, 11) is 0. The lowest BCUT2D eigenvalue weighted by Crippen LogP contribution is -2.50. The van der Waals surface area contributed by atoms with E-state index in [2.05, 4.69) is 11.8 Å². The molecule has 1 aromatic carbocycles. The third kappa shape index (κ3) is 4.05. The van der Waals surface area contributed by atoms with Crippen molar-refractivity contribution in [3.05, 3.63) is 35.4 Å². The van der Waals surface area contributed by atoms with Gasteiger partial charge in [-0.3, -0.25) is 4.79 Å². The Kier molecular flexibility index (Phi) is 5.76. The van der Waals surface area contributed by atoms with E-state index in [-0.39, 0.29) is 25.2 Å². The maximum absolute atomic E-state index is 12.4. The van der Waals surface area contributed by atoms with Crippen LogP contribution in [0.15, 0.2) is 24.3 Å². The molecule has 0 aromatic heterocycles. The van der Waals surface area contributed by atoms with Crippen molar-refractivity contribution in [2.45, 2.75) is 12.5 Å². The van der Waals surface area contributed by atoms with Gasteiger partial charge in [0, 0.05) is 24.1 Å². The first-order valence-electron chi connectivity index (χ1n) is 6.95. The molecule has 0 spiro atoms. The normalized spacial score (nSPS) is 18.0. The summed E-state index contributed by atoms with van der Waals surface area (Å²) in [6.07, 6.45) is 0.437. The molecule has 5 nitrogen and oxygen atoms in total. The fourth-order valence-corrected chi connectivity index (χ4v) is 2.16. The van der Waals surface area contributed by atoms with Crippen molar-refractivity contribution in [2.75, 3.05) is 33.0 Å². The van der Waals surface area contributed by atoms with E-state index in [9.17, 15) is 9.90 Å². The van der Waals surface area contributed by atoms with E-state index < -0.39 is 0 Å². The largest absolute Gasteiger partial charge is 0.395 e. The van der Waals surface area contributed by atoms with Crippen molar-refractivity contribution in [3.63, 3.8) is 0 Å². The first kappa shape index (κ1) is 15.5. The zero-order chi connectivity index (χ0) is 15.1. The Morgan fingerprint density at radius 1 is 1.33 bits per heavy atom. The SMILES string of the molecule is O=C(c1ccc(C#CCCO)cc1)N1CCOCC1CO. The summed E-state index contributed by atoms with van der Waals surface area (Å²) >= 11 is 0. The second-order valence-electron chi connectivity index (χ2n) is 4.76. The Hall–Kier alpha value is -1.87. The molecule has 1 unspecified atom stereocenters. The van der Waals surface area contributed by atoms with Crippen LogP contribution in [0.1, 0.15) is 22.3 Å². The van der Waals surface area contributed by atoms with E-state index in [1.54, 1.807) is 29.2 Å². The summed E-state index contributed by atoms with van der Waals surface area (Å²) in [5, 5.41) is 18.0. The lowest BCUT2D eigenvalue weighted by atomic mass is 10.1. The fraction of sp³-hybridized carbons (Fsp3) is 0.438. The van der Waals surface area contributed by atoms with Crippen LogP contribution in [0.5, 0.6) is 0 Å². The molecule has 1 aliphatic heterocycles. The van der Waals surface area contributed by atoms with Crippen molar-refractivity contribution < 1.29 is 19.7 Å². The number of amides is 1. The number of morpholine rings is 1. The van der Waals surface area contributed by atoms with Crippen LogP contribution in [0.3, 0.4) is 0 Å². The molecule has 1 amide bonds. The molecule has 0 saturated carbocycles. The van der Waals surface area contributed by atoms with Gasteiger partial charge in [-0.2, -0.15) is 0 Å². The van der Waals surface area contributed by atoms with Crippen LogP contribution in [-0.4, -0.2) is 60.0 Å². The number of aliphatic hydroxyl groups excluding tert-OH is 2. The lowest BCUT2D eigenvalue weighted by Gasteiger charge is -2.34. The molecule has 1 saturated heterocycles. The van der Waals surface area contributed by atoms with Crippen molar-refractivity contribution in [2.24, 2.45) is 0 Å². The van der Waals surface area contributed by atoms with Crippen LogP contribution >= 0.6 is 0 Å². The van der Waals surface area contributed by atoms with Crippen LogP contribution in [0, 0.1) is 11.8 Å². The summed E-state index contributed by atoms with van der Waals surface area (Å²) in [4.78, 5) is 14.1. The van der Waals surface area contributed by atoms with Gasteiger partial charge in [-0.1, -0.05) is 11.8 Å². The van der Waals surface area contributed by atoms with Crippen LogP contribution in [-0.2, 0) is 4.74 Å². The van der Waals surface area contributed by atoms with E-state index in [1.807, 2.05) is 0 Å². The van der Waals surface area contributed by atoms with E-state index >= 15 is 0 Å². The van der Waals surface area contributed by atoms with Gasteiger partial charge < -0.3 is 19.8 Å². The summed E-state index contributed by atoms with van der Waals surface area (Å²) < 4.78 is 5.27. The Balaban J connectivity index is 2.07. The molecule has 0 aliphatic carbocycles. The van der Waals surface area contributed by atoms with Crippen molar-refractivity contribution in [1.29, 1.82) is 0 Å². The standard InChI is InChI=1S/C16H19NO4/c18-9-2-1-3-13-4-6-14(7-5-13)16(20)17-8-10-21-12-15(17)11-19/h4-7,15,18-19H,2,8-12H2. The van der Waals surface area contributed by atoms with Gasteiger partial charge in [0.05, 0.1) is 32.5 Å². The van der Waals surface area contributed by atoms with Crippen LogP contribution in [0.4, 0.5) is 0 Å². The first-order valence-corrected chi connectivity index (χ1v) is 6.95. The molecule has 1 fully saturated rings. The Morgan fingerprint density at radius 3 is 2.76 bits per heavy atom. The monoisotopic (exact) mass is 289 g/mol. The average Bonchev–Trinajstić information content (AvgIpc) is 2.55. The number of carbonyl (C=O) groups excluding carboxylic acids is 1. The predicted octanol–water partition coefficient (Wildman–Crippen LogP) is 0.254. The molecule has 5 heteroatoms. The number of nitrogens with zero attached hydrogens (tertiary/aromatic N) is 1. The predicted molar refractivity (Wildman–Crippen MR) is 77.8 cm³/mol. The zero-order valence-electron chi connectivity index (χ0n) is 11.8. The minimum atomic E-state index is -0.282. The maximum Gasteiger partial charge on any atom is 0.254 e. The molecule has 0 radical (unpaired) electrons. The van der Waals surface area contributed by atoms with Crippen LogP contribution in [0.2, 0.25) is 0 Å². The van der Waals surface area contributed by atoms with Crippen LogP contribution < -0.4 is 0 Å². The topological polar surface area (TPSA) is 70.0 Å². The lowest BCUT2D eigenvalue weighted by molar-refractivity contribution is -0.0183. The second kappa shape index (κ2) is 7.79. The van der Waals surface area contributed by atoms with Gasteiger partial charge in [0.2, 0.25) is 0 Å². The number of ether oxygens (including phenoxy) is 1. The summed E-state index contributed by atoms with van der Waals surface area (Å²) in [5.41, 5.74) is 1.38. The number of hydrogen-bond donors (Lipinski definition) is 2. The molecule has 2 rings (SSSR count). The molecule has 1 heterocycles. The van der Waals surface area contributed by atoms with E-state index in [0.717, 1.165) is 5.56 Å². The summed E-state index contributed by atoms with van der Waals surface area (Å²) in [6.45, 7) is 1.29. The smallest absolute Gasteiger partial charge is 0.254 e. The highest BCUT2D eigenvalue weighted by atomic mass is 16.5. The van der Waals surface area contributed by atoms with Gasteiger partial charge in [0.1, 0.15) is 0 Å². The molecule has 2 N–H and O–H groups in total. The van der Waals surface area contributed by atoms with Crippen LogP contribution in [0.25, 0.3) is 0 Å². The van der Waals surface area contributed by atoms with Gasteiger partial charge in [-0.25, -0.2) is 0 Å². The molecule has 1 aromatic rings. The Morgan fingerprint density at radius 2 is 2.10 bits per heavy atom. The Labute approximate surface area is 124 Å². The van der Waals surface area contributed by atoms with Gasteiger partial charge in [-0.15, -0.1) is 0 Å². The summed E-state index contributed by atoms with van der Waals surface area (Å²) in [5.74, 6) is 5.65. The van der Waals surface area contributed by atoms with E-state index in [4.69, 9.17) is 9.84 Å². The third-order valence-corrected chi connectivity index (χ3v) is 3.30. The van der Waals surface area contributed by atoms with E-state index in [0.29, 0.717) is 31.7 Å². The van der Waals surface area contributed by atoms with Gasteiger partial charge in [0.15, 0.2) is 0 Å². The molecule has 21 heavy (non-hydrogen) atoms. The number of hydrogen-bond acceptors (Lipinski definition) is 4. The number of benzene rings is 1. The van der Waals surface area contributed by atoms with E-state index in [1.165, 1.54) is 0 Å². The van der Waals surface area contributed by atoms with Crippen molar-refractivity contribution in [3.8, 4) is 11.8 Å². The Bertz CT molecular complexity index is 529. The third-order valence-electron chi connectivity index (χ3n) is 3.30. The minimum absolute atomic E-state index is 0.0448. The van der Waals surface area contributed by atoms with Crippen molar-refractivity contribution in [1.82, 2.24) is 4.90 Å². The zero-order valence-corrected chi connectivity index (χ0v) is 11.8. The number of rotatable bonds is 3. The maximum atomic E-state index is 12.4. The molecular weight excluding hydrogens is 270 g/mol. The van der Waals surface area contributed by atoms with Gasteiger partial charge in [-0.05, 0) is 24.3 Å². The summed E-state index contributed by atoms with van der Waals surface area (Å²) in [6, 6.07) is 6.75. The fourth-order valence-electron chi connectivity index (χ4n) is 2.16. The minimum Gasteiger partial charge on any atom is -0.395 e. The first-order chi connectivity index (χ1) is 10.3. The molecule has 112 valence electrons. The van der Waals surface area contributed by atoms with Crippen molar-refractivity contribution >= 4 is 5.91 Å². The highest BCUT2D eigenvalue weighted by Gasteiger charge is 2.27. The van der Waals surface area contributed by atoms with Gasteiger partial charge >= 0.3 is 0 Å². The average molecular weight is 289 g/mol. The van der Waals surface area contributed by atoms with Gasteiger partial charge in [0.25, 0.3) is 5.91 Å². The second-order valence-corrected chi connectivity index (χ2v) is 4.76. The molecule has 1 aliphatic rings. The highest BCUT2D eigenvalue weighted by Crippen LogP contribution is 2.13.